The summed E-state index contributed by atoms with van der Waals surface area (Å²) >= 11 is 0. The summed E-state index contributed by atoms with van der Waals surface area (Å²) in [5, 5.41) is 3.29. The van der Waals surface area contributed by atoms with E-state index in [9.17, 15) is 0 Å². The summed E-state index contributed by atoms with van der Waals surface area (Å²) in [5.41, 5.74) is 0. The Morgan fingerprint density at radius 3 is 3.15 bits per heavy atom. The third-order valence-electron chi connectivity index (χ3n) is 2.25. The van der Waals surface area contributed by atoms with Crippen LogP contribution in [0.1, 0.15) is 12.8 Å². The summed E-state index contributed by atoms with van der Waals surface area (Å²) in [6.45, 7) is 1.02. The number of pyridine rings is 1. The van der Waals surface area contributed by atoms with E-state index in [-0.39, 0.29) is 0 Å². The molecule has 3 heteroatoms. The van der Waals surface area contributed by atoms with Crippen molar-refractivity contribution in [3.05, 3.63) is 18.3 Å². The Bertz CT molecular complexity index is 284. The molecule has 0 bridgehead atoms. The van der Waals surface area contributed by atoms with Crippen LogP contribution in [0.2, 0.25) is 0 Å². The number of nitrogens with zero attached hydrogens (tertiary/aromatic N) is 1. The third kappa shape index (κ3) is 2.11. The minimum Gasteiger partial charge on any atom is -0.493 e. The summed E-state index contributed by atoms with van der Waals surface area (Å²) in [7, 11) is 1.67. The number of hydrogen-bond acceptors (Lipinski definition) is 3. The summed E-state index contributed by atoms with van der Waals surface area (Å²) in [6.07, 6.45) is 4.47. The molecule has 0 aromatic carbocycles. The summed E-state index contributed by atoms with van der Waals surface area (Å²) in [6, 6.07) is 3.80. The third-order valence-corrected chi connectivity index (χ3v) is 2.25. The summed E-state index contributed by atoms with van der Waals surface area (Å²) < 4.78 is 5.17. The first-order valence-electron chi connectivity index (χ1n) is 4.63. The average Bonchev–Trinajstić information content (AvgIpc) is 2.99. The first-order chi connectivity index (χ1) is 6.40. The van der Waals surface area contributed by atoms with E-state index in [1.54, 1.807) is 13.3 Å². The van der Waals surface area contributed by atoms with Gasteiger partial charge < -0.3 is 10.1 Å². The fourth-order valence-corrected chi connectivity index (χ4v) is 1.25. The molecule has 1 aromatic rings. The van der Waals surface area contributed by atoms with Crippen LogP contribution < -0.4 is 10.1 Å². The summed E-state index contributed by atoms with van der Waals surface area (Å²) in [4.78, 5) is 4.21. The van der Waals surface area contributed by atoms with Crippen molar-refractivity contribution in [1.29, 1.82) is 0 Å². The normalized spacial score (nSPS) is 15.5. The Morgan fingerprint density at radius 1 is 1.62 bits per heavy atom. The molecule has 0 unspecified atom stereocenters. The second-order valence-electron chi connectivity index (χ2n) is 3.38. The highest BCUT2D eigenvalue weighted by Crippen LogP contribution is 2.30. The van der Waals surface area contributed by atoms with E-state index in [1.807, 2.05) is 12.1 Å². The number of aromatic nitrogens is 1. The van der Waals surface area contributed by atoms with Gasteiger partial charge >= 0.3 is 0 Å². The molecule has 1 fully saturated rings. The Kier molecular flexibility index (Phi) is 2.34. The molecule has 0 radical (unpaired) electrons. The highest BCUT2D eigenvalue weighted by atomic mass is 16.5. The highest BCUT2D eigenvalue weighted by Gasteiger charge is 2.21. The van der Waals surface area contributed by atoms with Crippen molar-refractivity contribution in [2.45, 2.75) is 12.8 Å². The van der Waals surface area contributed by atoms with Crippen LogP contribution in [0.15, 0.2) is 18.3 Å². The zero-order valence-electron chi connectivity index (χ0n) is 7.79. The fourth-order valence-electron chi connectivity index (χ4n) is 1.25. The SMILES string of the molecule is COc1cccnc1NCC1CC1. The van der Waals surface area contributed by atoms with Crippen molar-refractivity contribution in [3.63, 3.8) is 0 Å². The number of ether oxygens (including phenoxy) is 1. The van der Waals surface area contributed by atoms with Gasteiger partial charge in [0.15, 0.2) is 11.6 Å². The molecule has 0 spiro atoms. The lowest BCUT2D eigenvalue weighted by Crippen LogP contribution is -2.06. The van der Waals surface area contributed by atoms with Crippen molar-refractivity contribution in [2.24, 2.45) is 5.92 Å². The van der Waals surface area contributed by atoms with Crippen LogP contribution in [0.5, 0.6) is 5.75 Å². The largest absolute Gasteiger partial charge is 0.493 e. The zero-order valence-corrected chi connectivity index (χ0v) is 7.79. The van der Waals surface area contributed by atoms with Gasteiger partial charge in [0.2, 0.25) is 0 Å². The van der Waals surface area contributed by atoms with Crippen molar-refractivity contribution >= 4 is 5.82 Å². The standard InChI is InChI=1S/C10H14N2O/c1-13-9-3-2-6-11-10(9)12-7-8-4-5-8/h2-3,6,8H,4-5,7H2,1H3,(H,11,12). The van der Waals surface area contributed by atoms with E-state index < -0.39 is 0 Å². The van der Waals surface area contributed by atoms with Gasteiger partial charge in [-0.3, -0.25) is 0 Å². The van der Waals surface area contributed by atoms with Crippen molar-refractivity contribution in [1.82, 2.24) is 4.98 Å². The quantitative estimate of drug-likeness (QED) is 0.764. The molecule has 0 aliphatic heterocycles. The van der Waals surface area contributed by atoms with Gasteiger partial charge in [0.1, 0.15) is 0 Å². The Morgan fingerprint density at radius 2 is 2.46 bits per heavy atom. The minimum absolute atomic E-state index is 0.822. The van der Waals surface area contributed by atoms with Crippen LogP contribution in [0, 0.1) is 5.92 Å². The molecule has 1 heterocycles. The minimum atomic E-state index is 0.822. The molecular formula is C10H14N2O. The fraction of sp³-hybridized carbons (Fsp3) is 0.500. The predicted octanol–water partition coefficient (Wildman–Crippen LogP) is 1.91. The average molecular weight is 178 g/mol. The van der Waals surface area contributed by atoms with Crippen LogP contribution in [-0.2, 0) is 0 Å². The van der Waals surface area contributed by atoms with E-state index in [2.05, 4.69) is 10.3 Å². The van der Waals surface area contributed by atoms with Gasteiger partial charge in [-0.2, -0.15) is 0 Å². The van der Waals surface area contributed by atoms with Crippen molar-refractivity contribution in [2.75, 3.05) is 19.0 Å². The predicted molar refractivity (Wildman–Crippen MR) is 52.0 cm³/mol. The van der Waals surface area contributed by atoms with Crippen LogP contribution in [-0.4, -0.2) is 18.6 Å². The number of methoxy groups -OCH3 is 1. The molecule has 2 rings (SSSR count). The molecule has 1 aliphatic rings. The highest BCUT2D eigenvalue weighted by molar-refractivity contribution is 5.49. The smallest absolute Gasteiger partial charge is 0.168 e. The van der Waals surface area contributed by atoms with E-state index in [0.29, 0.717) is 0 Å². The van der Waals surface area contributed by atoms with Crippen LogP contribution in [0.4, 0.5) is 5.82 Å². The van der Waals surface area contributed by atoms with Crippen LogP contribution in [0.3, 0.4) is 0 Å². The van der Waals surface area contributed by atoms with E-state index in [4.69, 9.17) is 4.74 Å². The summed E-state index contributed by atoms with van der Waals surface area (Å²) in [5.74, 6) is 2.53. The van der Waals surface area contributed by atoms with Crippen molar-refractivity contribution < 1.29 is 4.74 Å². The molecule has 0 saturated heterocycles. The number of anilines is 1. The van der Waals surface area contributed by atoms with Gasteiger partial charge in [-0.25, -0.2) is 4.98 Å². The number of hydrogen-bond donors (Lipinski definition) is 1. The van der Waals surface area contributed by atoms with E-state index >= 15 is 0 Å². The molecular weight excluding hydrogens is 164 g/mol. The van der Waals surface area contributed by atoms with E-state index in [0.717, 1.165) is 24.0 Å². The molecule has 0 atom stereocenters. The Hall–Kier alpha value is -1.25. The lowest BCUT2D eigenvalue weighted by molar-refractivity contribution is 0.414. The van der Waals surface area contributed by atoms with E-state index in [1.165, 1.54) is 12.8 Å². The molecule has 1 aliphatic carbocycles. The second-order valence-corrected chi connectivity index (χ2v) is 3.38. The maximum atomic E-state index is 5.17. The molecule has 1 N–H and O–H groups in total. The molecule has 1 saturated carbocycles. The Balaban J connectivity index is 1.99. The van der Waals surface area contributed by atoms with Crippen LogP contribution in [0.25, 0.3) is 0 Å². The topological polar surface area (TPSA) is 34.1 Å². The zero-order chi connectivity index (χ0) is 9.10. The first-order valence-corrected chi connectivity index (χ1v) is 4.63. The molecule has 70 valence electrons. The Labute approximate surface area is 78.1 Å². The molecule has 13 heavy (non-hydrogen) atoms. The van der Waals surface area contributed by atoms with Gasteiger partial charge in [-0.15, -0.1) is 0 Å². The van der Waals surface area contributed by atoms with Gasteiger partial charge in [0.25, 0.3) is 0 Å². The molecule has 0 amide bonds. The number of nitrogens with one attached hydrogen (secondary N) is 1. The van der Waals surface area contributed by atoms with Gasteiger partial charge in [-0.1, -0.05) is 0 Å². The lowest BCUT2D eigenvalue weighted by atomic mass is 10.4. The second kappa shape index (κ2) is 3.64. The van der Waals surface area contributed by atoms with Gasteiger partial charge in [-0.05, 0) is 30.9 Å². The molecule has 1 aromatic heterocycles. The van der Waals surface area contributed by atoms with Crippen LogP contribution >= 0.6 is 0 Å². The van der Waals surface area contributed by atoms with Gasteiger partial charge in [0.05, 0.1) is 7.11 Å². The first kappa shape index (κ1) is 8.35. The lowest BCUT2D eigenvalue weighted by Gasteiger charge is -2.08. The maximum Gasteiger partial charge on any atom is 0.168 e. The maximum absolute atomic E-state index is 5.17. The van der Waals surface area contributed by atoms with Crippen molar-refractivity contribution in [3.8, 4) is 5.75 Å². The molecule has 3 nitrogen and oxygen atoms in total. The number of rotatable bonds is 4. The monoisotopic (exact) mass is 178 g/mol. The van der Waals surface area contributed by atoms with Gasteiger partial charge in [0, 0.05) is 12.7 Å².